The van der Waals surface area contributed by atoms with E-state index in [0.717, 1.165) is 77.6 Å². The second-order valence-corrected chi connectivity index (χ2v) is 24.9. The molecule has 0 aliphatic carbocycles. The zero-order chi connectivity index (χ0) is 55.4. The molecule has 3 heterocycles. The maximum Gasteiger partial charge on any atom is 0.416 e. The number of halogens is 3. The summed E-state index contributed by atoms with van der Waals surface area (Å²) >= 11 is 0. The largest absolute Gasteiger partial charge is 0.416 e. The maximum absolute atomic E-state index is 15.2. The van der Waals surface area contributed by atoms with E-state index in [1.807, 2.05) is 59.2 Å². The van der Waals surface area contributed by atoms with Gasteiger partial charge in [0, 0.05) is 38.2 Å². The van der Waals surface area contributed by atoms with Crippen molar-refractivity contribution in [3.63, 3.8) is 0 Å². The Hall–Kier alpha value is -8.35. The van der Waals surface area contributed by atoms with E-state index in [1.54, 1.807) is 12.1 Å². The normalized spacial score (nSPS) is 12.8. The molecule has 3 aromatic heterocycles. The van der Waals surface area contributed by atoms with Crippen molar-refractivity contribution in [1.29, 1.82) is 5.26 Å². The van der Waals surface area contributed by atoms with Crippen molar-refractivity contribution in [2.45, 2.75) is 111 Å². The first kappa shape index (κ1) is 51.7. The quantitative estimate of drug-likeness (QED) is 0.166. The molecule has 0 radical (unpaired) electrons. The van der Waals surface area contributed by atoms with Gasteiger partial charge in [-0.25, -0.2) is 15.0 Å². The lowest BCUT2D eigenvalue weighted by Gasteiger charge is -2.20. The molecule has 0 saturated heterocycles. The molecule has 78 heavy (non-hydrogen) atoms. The SMILES string of the molecule is CC(C)(C)c1ccc2c(c1)c1cc(C(C)(C)C)ccc1n2-c1ccc(-c2ccc(C#N)cc2)cc1-c1nc(-c2ccccc2)nc(-c2ccc(C(F)(F)F)cc2-n2c3ccc(C(C)(C)C)cc3c3cc(C(C)(C)C)ccc32)n1. The second-order valence-electron chi connectivity index (χ2n) is 24.9. The Kier molecular flexibility index (Phi) is 12.2. The minimum Gasteiger partial charge on any atom is -0.309 e. The van der Waals surface area contributed by atoms with Gasteiger partial charge in [0.2, 0.25) is 0 Å². The van der Waals surface area contributed by atoms with Crippen molar-refractivity contribution in [2.24, 2.45) is 0 Å². The predicted octanol–water partition coefficient (Wildman–Crippen LogP) is 18.8. The van der Waals surface area contributed by atoms with Crippen LogP contribution in [0, 0.1) is 11.3 Å². The Morgan fingerprint density at radius 3 is 1.18 bits per heavy atom. The van der Waals surface area contributed by atoms with E-state index in [4.69, 9.17) is 15.0 Å². The predicted molar refractivity (Wildman–Crippen MR) is 315 cm³/mol. The van der Waals surface area contributed by atoms with Gasteiger partial charge in [-0.2, -0.15) is 18.4 Å². The lowest BCUT2D eigenvalue weighted by molar-refractivity contribution is -0.137. The first-order valence-corrected chi connectivity index (χ1v) is 26.6. The van der Waals surface area contributed by atoms with Gasteiger partial charge in [-0.15, -0.1) is 0 Å². The van der Waals surface area contributed by atoms with E-state index < -0.39 is 11.7 Å². The number of rotatable bonds is 6. The summed E-state index contributed by atoms with van der Waals surface area (Å²) in [5.74, 6) is 0.890. The van der Waals surface area contributed by atoms with Gasteiger partial charge in [0.1, 0.15) is 0 Å². The van der Waals surface area contributed by atoms with E-state index in [0.29, 0.717) is 33.9 Å². The molecule has 0 amide bonds. The van der Waals surface area contributed by atoms with Crippen LogP contribution < -0.4 is 0 Å². The summed E-state index contributed by atoms with van der Waals surface area (Å²) in [5, 5.41) is 13.8. The van der Waals surface area contributed by atoms with Crippen LogP contribution in [0.25, 0.3) is 100 Å². The zero-order valence-corrected chi connectivity index (χ0v) is 46.4. The van der Waals surface area contributed by atoms with Crippen LogP contribution in [0.3, 0.4) is 0 Å². The number of benzene rings is 8. The highest BCUT2D eigenvalue weighted by atomic mass is 19.4. The summed E-state index contributed by atoms with van der Waals surface area (Å²) in [7, 11) is 0. The molecule has 9 heteroatoms. The topological polar surface area (TPSA) is 72.3 Å². The first-order valence-electron chi connectivity index (χ1n) is 26.6. The highest BCUT2D eigenvalue weighted by Gasteiger charge is 2.33. The molecule has 0 aliphatic heterocycles. The van der Waals surface area contributed by atoms with Crippen LogP contribution >= 0.6 is 0 Å². The van der Waals surface area contributed by atoms with Crippen molar-refractivity contribution >= 4 is 43.6 Å². The van der Waals surface area contributed by atoms with Gasteiger partial charge in [-0.05, 0) is 146 Å². The molecule has 0 fully saturated rings. The summed E-state index contributed by atoms with van der Waals surface area (Å²) in [5.41, 5.74) is 11.9. The second kappa shape index (κ2) is 18.4. The first-order chi connectivity index (χ1) is 36.8. The number of nitrogens with zero attached hydrogens (tertiary/aromatic N) is 6. The van der Waals surface area contributed by atoms with Crippen LogP contribution in [0.15, 0.2) is 164 Å². The number of hydrogen-bond donors (Lipinski definition) is 0. The molecular weight excluding hydrogens is 970 g/mol. The molecule has 11 aromatic rings. The maximum atomic E-state index is 15.2. The molecule has 0 N–H and O–H groups in total. The average molecular weight is 1030 g/mol. The molecule has 0 saturated carbocycles. The van der Waals surface area contributed by atoms with Crippen LogP contribution in [-0.4, -0.2) is 24.1 Å². The minimum absolute atomic E-state index is 0.117. The van der Waals surface area contributed by atoms with Crippen molar-refractivity contribution in [3.8, 4) is 62.7 Å². The molecule has 11 rings (SSSR count). The van der Waals surface area contributed by atoms with Gasteiger partial charge >= 0.3 is 6.18 Å². The molecule has 0 spiro atoms. The number of alkyl halides is 3. The highest BCUT2D eigenvalue weighted by molar-refractivity contribution is 6.11. The van der Waals surface area contributed by atoms with Crippen LogP contribution in [0.4, 0.5) is 13.2 Å². The molecule has 6 nitrogen and oxygen atoms in total. The summed E-state index contributed by atoms with van der Waals surface area (Å²) in [6, 6.07) is 55.5. The van der Waals surface area contributed by atoms with Gasteiger partial charge in [0.25, 0.3) is 0 Å². The monoisotopic (exact) mass is 1030 g/mol. The zero-order valence-electron chi connectivity index (χ0n) is 46.4. The number of hydrogen-bond acceptors (Lipinski definition) is 4. The Morgan fingerprint density at radius 1 is 0.359 bits per heavy atom. The van der Waals surface area contributed by atoms with Crippen LogP contribution in [-0.2, 0) is 27.8 Å². The van der Waals surface area contributed by atoms with E-state index in [9.17, 15) is 5.26 Å². The number of aromatic nitrogens is 5. The standard InChI is InChI=1S/C69H63F3N6/c1-65(2,3)45-24-30-56-51(35-45)52-36-46(66(4,5)6)25-31-57(52)77(56)60-29-22-44(42-20-18-41(40-73)19-21-42)34-55(60)64-75-62(43-16-14-13-15-17-43)74-63(76-64)50-28-23-49(69(70,71)72)39-61(50)78-58-32-26-47(67(7,8)9)37-53(58)54-38-48(68(10,11)12)27-33-59(54)78/h13-39H,1-12H3. The molecule has 0 unspecified atom stereocenters. The van der Waals surface area contributed by atoms with Gasteiger partial charge in [-0.1, -0.05) is 156 Å². The Labute approximate surface area is 454 Å². The van der Waals surface area contributed by atoms with Gasteiger partial charge in [0.15, 0.2) is 17.5 Å². The summed E-state index contributed by atoms with van der Waals surface area (Å²) in [6.45, 7) is 26.4. The summed E-state index contributed by atoms with van der Waals surface area (Å²) in [4.78, 5) is 16.0. The van der Waals surface area contributed by atoms with E-state index in [-0.39, 0.29) is 33.2 Å². The third kappa shape index (κ3) is 9.31. The third-order valence-corrected chi connectivity index (χ3v) is 15.3. The van der Waals surface area contributed by atoms with Gasteiger partial charge in [-0.3, -0.25) is 0 Å². The lowest BCUT2D eigenvalue weighted by Crippen LogP contribution is -2.11. The minimum atomic E-state index is -4.66. The van der Waals surface area contributed by atoms with E-state index in [2.05, 4.69) is 173 Å². The molecule has 8 aromatic carbocycles. The van der Waals surface area contributed by atoms with Crippen molar-refractivity contribution in [2.75, 3.05) is 0 Å². The van der Waals surface area contributed by atoms with Crippen molar-refractivity contribution in [1.82, 2.24) is 24.1 Å². The fourth-order valence-electron chi connectivity index (χ4n) is 10.7. The van der Waals surface area contributed by atoms with E-state index in [1.165, 1.54) is 23.3 Å². The summed E-state index contributed by atoms with van der Waals surface area (Å²) in [6.07, 6.45) is -4.66. The van der Waals surface area contributed by atoms with Crippen LogP contribution in [0.1, 0.15) is 116 Å². The van der Waals surface area contributed by atoms with Crippen LogP contribution in [0.5, 0.6) is 0 Å². The molecule has 0 aliphatic rings. The van der Waals surface area contributed by atoms with Gasteiger partial charge < -0.3 is 9.13 Å². The lowest BCUT2D eigenvalue weighted by atomic mass is 9.85. The Morgan fingerprint density at radius 2 is 0.756 bits per heavy atom. The highest BCUT2D eigenvalue weighted by Crippen LogP contribution is 2.45. The average Bonchev–Trinajstić information content (AvgIpc) is 4.09. The fraction of sp³-hybridized carbons (Fsp3) is 0.246. The molecular formula is C69H63F3N6. The fourth-order valence-corrected chi connectivity index (χ4v) is 10.7. The Balaban J connectivity index is 1.25. The number of fused-ring (bicyclic) bond motifs is 6. The van der Waals surface area contributed by atoms with Crippen LogP contribution in [0.2, 0.25) is 0 Å². The Bertz CT molecular complexity index is 4080. The molecule has 0 bridgehead atoms. The molecule has 0 atom stereocenters. The van der Waals surface area contributed by atoms with Gasteiger partial charge in [0.05, 0.1) is 50.6 Å². The smallest absolute Gasteiger partial charge is 0.309 e. The number of nitriles is 1. The van der Waals surface area contributed by atoms with Crippen molar-refractivity contribution in [3.05, 3.63) is 197 Å². The van der Waals surface area contributed by atoms with E-state index >= 15 is 13.2 Å². The summed E-state index contributed by atoms with van der Waals surface area (Å²) < 4.78 is 49.9. The molecule has 390 valence electrons. The van der Waals surface area contributed by atoms with Crippen molar-refractivity contribution < 1.29 is 13.2 Å². The third-order valence-electron chi connectivity index (χ3n) is 15.3.